The molecule has 1 N–H and O–H groups in total. The van der Waals surface area contributed by atoms with Crippen molar-refractivity contribution in [3.63, 3.8) is 0 Å². The van der Waals surface area contributed by atoms with Gasteiger partial charge in [0.25, 0.3) is 5.91 Å². The molecule has 2 nitrogen and oxygen atoms in total. The van der Waals surface area contributed by atoms with E-state index in [1.54, 1.807) is 12.1 Å². The van der Waals surface area contributed by atoms with Crippen LogP contribution in [0, 0.1) is 3.57 Å². The van der Waals surface area contributed by atoms with E-state index >= 15 is 0 Å². The van der Waals surface area contributed by atoms with Crippen molar-refractivity contribution in [2.75, 3.05) is 0 Å². The van der Waals surface area contributed by atoms with Crippen molar-refractivity contribution >= 4 is 40.1 Å². The summed E-state index contributed by atoms with van der Waals surface area (Å²) in [5, 5.41) is 3.56. The Morgan fingerprint density at radius 1 is 1.21 bits per heavy atom. The molecule has 0 radical (unpaired) electrons. The summed E-state index contributed by atoms with van der Waals surface area (Å²) >= 11 is 8.16. The van der Waals surface area contributed by atoms with Crippen molar-refractivity contribution in [1.29, 1.82) is 0 Å². The van der Waals surface area contributed by atoms with E-state index in [2.05, 4.69) is 27.9 Å². The first-order valence-electron chi connectivity index (χ1n) is 5.89. The standard InChI is InChI=1S/C15H13ClINO/c1-10(11-5-3-2-4-6-11)18-15(19)12-7-8-14(17)13(16)9-12/h2-10H,1H3,(H,18,19)/t10-/m1/s1. The molecule has 0 aliphatic rings. The third-order valence-electron chi connectivity index (χ3n) is 2.83. The number of carbonyl (C=O) groups is 1. The van der Waals surface area contributed by atoms with Crippen LogP contribution < -0.4 is 5.32 Å². The molecule has 98 valence electrons. The molecule has 2 rings (SSSR count). The molecule has 1 atom stereocenters. The Kier molecular flexibility index (Phi) is 4.82. The minimum Gasteiger partial charge on any atom is -0.346 e. The summed E-state index contributed by atoms with van der Waals surface area (Å²) < 4.78 is 0.937. The Morgan fingerprint density at radius 2 is 1.89 bits per heavy atom. The molecule has 0 aliphatic heterocycles. The molecule has 0 unspecified atom stereocenters. The van der Waals surface area contributed by atoms with Gasteiger partial charge in [0.15, 0.2) is 0 Å². The maximum absolute atomic E-state index is 12.1. The molecular weight excluding hydrogens is 373 g/mol. The number of carbonyl (C=O) groups excluding carboxylic acids is 1. The Bertz CT molecular complexity index is 586. The van der Waals surface area contributed by atoms with Crippen LogP contribution >= 0.6 is 34.2 Å². The fourth-order valence-electron chi connectivity index (χ4n) is 1.74. The molecule has 19 heavy (non-hydrogen) atoms. The highest BCUT2D eigenvalue weighted by atomic mass is 127. The number of halogens is 2. The number of nitrogens with one attached hydrogen (secondary N) is 1. The lowest BCUT2D eigenvalue weighted by atomic mass is 10.1. The van der Waals surface area contributed by atoms with Gasteiger partial charge in [0, 0.05) is 9.13 Å². The lowest BCUT2D eigenvalue weighted by molar-refractivity contribution is 0.0940. The summed E-state index contributed by atoms with van der Waals surface area (Å²) in [5.74, 6) is -0.116. The van der Waals surface area contributed by atoms with Crippen LogP contribution in [0.15, 0.2) is 48.5 Å². The quantitative estimate of drug-likeness (QED) is 0.778. The second-order valence-electron chi connectivity index (χ2n) is 4.23. The van der Waals surface area contributed by atoms with Crippen LogP contribution in [0.25, 0.3) is 0 Å². The van der Waals surface area contributed by atoms with Crippen molar-refractivity contribution in [3.05, 3.63) is 68.3 Å². The maximum atomic E-state index is 12.1. The van der Waals surface area contributed by atoms with Crippen LogP contribution in [0.3, 0.4) is 0 Å². The molecule has 0 heterocycles. The fourth-order valence-corrected chi connectivity index (χ4v) is 2.26. The lowest BCUT2D eigenvalue weighted by Gasteiger charge is -2.14. The Hall–Kier alpha value is -1.07. The molecular formula is C15H13ClINO. The van der Waals surface area contributed by atoms with Crippen molar-refractivity contribution in [2.24, 2.45) is 0 Å². The average Bonchev–Trinajstić information content (AvgIpc) is 2.42. The van der Waals surface area contributed by atoms with E-state index in [1.165, 1.54) is 0 Å². The first-order chi connectivity index (χ1) is 9.08. The van der Waals surface area contributed by atoms with Gasteiger partial charge in [-0.05, 0) is 53.3 Å². The van der Waals surface area contributed by atoms with E-state index in [9.17, 15) is 4.79 Å². The molecule has 0 aliphatic carbocycles. The lowest BCUT2D eigenvalue weighted by Crippen LogP contribution is -2.26. The average molecular weight is 386 g/mol. The van der Waals surface area contributed by atoms with Crippen LogP contribution in [0.4, 0.5) is 0 Å². The van der Waals surface area contributed by atoms with Crippen molar-refractivity contribution in [1.82, 2.24) is 5.32 Å². The number of benzene rings is 2. The van der Waals surface area contributed by atoms with Gasteiger partial charge in [-0.25, -0.2) is 0 Å². The largest absolute Gasteiger partial charge is 0.346 e. The summed E-state index contributed by atoms with van der Waals surface area (Å²) in [5.41, 5.74) is 1.65. The minimum absolute atomic E-state index is 0.0354. The van der Waals surface area contributed by atoms with E-state index in [0.29, 0.717) is 10.6 Å². The first-order valence-corrected chi connectivity index (χ1v) is 7.34. The van der Waals surface area contributed by atoms with Gasteiger partial charge in [0.2, 0.25) is 0 Å². The SMILES string of the molecule is C[C@@H](NC(=O)c1ccc(I)c(Cl)c1)c1ccccc1. The predicted molar refractivity (Wildman–Crippen MR) is 86.5 cm³/mol. The molecule has 0 saturated carbocycles. The fraction of sp³-hybridized carbons (Fsp3) is 0.133. The first kappa shape index (κ1) is 14.3. The molecule has 2 aromatic rings. The zero-order valence-electron chi connectivity index (χ0n) is 10.4. The van der Waals surface area contributed by atoms with E-state index in [0.717, 1.165) is 9.13 Å². The van der Waals surface area contributed by atoms with Gasteiger partial charge in [0.1, 0.15) is 0 Å². The van der Waals surface area contributed by atoms with Crippen LogP contribution in [0.5, 0.6) is 0 Å². The van der Waals surface area contributed by atoms with Gasteiger partial charge in [-0.1, -0.05) is 41.9 Å². The van der Waals surface area contributed by atoms with Crippen LogP contribution in [0.1, 0.15) is 28.9 Å². The van der Waals surface area contributed by atoms with Crippen LogP contribution in [0.2, 0.25) is 5.02 Å². The predicted octanol–water partition coefficient (Wildman–Crippen LogP) is 4.44. The summed E-state index contributed by atoms with van der Waals surface area (Å²) in [7, 11) is 0. The molecule has 4 heteroatoms. The minimum atomic E-state index is -0.116. The number of hydrogen-bond donors (Lipinski definition) is 1. The highest BCUT2D eigenvalue weighted by Crippen LogP contribution is 2.20. The third-order valence-corrected chi connectivity index (χ3v) is 4.40. The smallest absolute Gasteiger partial charge is 0.251 e. The monoisotopic (exact) mass is 385 g/mol. The second kappa shape index (κ2) is 6.39. The van der Waals surface area contributed by atoms with Gasteiger partial charge < -0.3 is 5.32 Å². The summed E-state index contributed by atoms with van der Waals surface area (Å²) in [6, 6.07) is 15.1. The third kappa shape index (κ3) is 3.70. The Labute approximate surface area is 131 Å². The number of hydrogen-bond acceptors (Lipinski definition) is 1. The molecule has 1 amide bonds. The maximum Gasteiger partial charge on any atom is 0.251 e. The summed E-state index contributed by atoms with van der Waals surface area (Å²) in [4.78, 5) is 12.1. The zero-order chi connectivity index (χ0) is 13.8. The van der Waals surface area contributed by atoms with Crippen molar-refractivity contribution in [3.8, 4) is 0 Å². The van der Waals surface area contributed by atoms with Gasteiger partial charge in [0.05, 0.1) is 11.1 Å². The van der Waals surface area contributed by atoms with E-state index in [-0.39, 0.29) is 11.9 Å². The van der Waals surface area contributed by atoms with Gasteiger partial charge in [-0.3, -0.25) is 4.79 Å². The second-order valence-corrected chi connectivity index (χ2v) is 5.80. The molecule has 0 aromatic heterocycles. The highest BCUT2D eigenvalue weighted by molar-refractivity contribution is 14.1. The zero-order valence-corrected chi connectivity index (χ0v) is 13.3. The van der Waals surface area contributed by atoms with E-state index in [1.807, 2.05) is 43.3 Å². The van der Waals surface area contributed by atoms with Crippen molar-refractivity contribution in [2.45, 2.75) is 13.0 Å². The van der Waals surface area contributed by atoms with Crippen molar-refractivity contribution < 1.29 is 4.79 Å². The van der Waals surface area contributed by atoms with Gasteiger partial charge in [-0.15, -0.1) is 0 Å². The van der Waals surface area contributed by atoms with E-state index in [4.69, 9.17) is 11.6 Å². The van der Waals surface area contributed by atoms with Gasteiger partial charge in [-0.2, -0.15) is 0 Å². The normalized spacial score (nSPS) is 11.9. The van der Waals surface area contributed by atoms with Crippen LogP contribution in [-0.4, -0.2) is 5.91 Å². The molecule has 0 bridgehead atoms. The molecule has 2 aromatic carbocycles. The van der Waals surface area contributed by atoms with Gasteiger partial charge >= 0.3 is 0 Å². The topological polar surface area (TPSA) is 29.1 Å². The summed E-state index contributed by atoms with van der Waals surface area (Å²) in [6.07, 6.45) is 0. The highest BCUT2D eigenvalue weighted by Gasteiger charge is 2.12. The number of amides is 1. The molecule has 0 spiro atoms. The Balaban J connectivity index is 2.11. The number of rotatable bonds is 3. The van der Waals surface area contributed by atoms with Crippen LogP contribution in [-0.2, 0) is 0 Å². The Morgan fingerprint density at radius 3 is 2.53 bits per heavy atom. The summed E-state index contributed by atoms with van der Waals surface area (Å²) in [6.45, 7) is 1.96. The van der Waals surface area contributed by atoms with E-state index < -0.39 is 0 Å². The molecule has 0 fully saturated rings. The molecule has 0 saturated heterocycles.